The highest BCUT2D eigenvalue weighted by molar-refractivity contribution is 14.1. The van der Waals surface area contributed by atoms with Gasteiger partial charge in [0, 0.05) is 26.1 Å². The number of halogens is 1. The Bertz CT molecular complexity index is 946. The summed E-state index contributed by atoms with van der Waals surface area (Å²) in [5, 5.41) is 2.24. The SMILES string of the molecule is Ic1ccc(-c2ccc3ccc4cccnc4c3n2)cc1. The first-order valence-electron chi connectivity index (χ1n) is 6.72. The van der Waals surface area contributed by atoms with E-state index < -0.39 is 0 Å². The molecule has 21 heavy (non-hydrogen) atoms. The van der Waals surface area contributed by atoms with Gasteiger partial charge in [0.15, 0.2) is 0 Å². The minimum absolute atomic E-state index is 0.961. The molecule has 0 saturated heterocycles. The summed E-state index contributed by atoms with van der Waals surface area (Å²) >= 11 is 2.31. The highest BCUT2D eigenvalue weighted by Crippen LogP contribution is 2.26. The zero-order valence-electron chi connectivity index (χ0n) is 11.1. The highest BCUT2D eigenvalue weighted by Gasteiger charge is 2.05. The van der Waals surface area contributed by atoms with E-state index in [1.165, 1.54) is 3.57 Å². The summed E-state index contributed by atoms with van der Waals surface area (Å²) in [6.45, 7) is 0. The molecule has 3 heteroatoms. The van der Waals surface area contributed by atoms with E-state index in [4.69, 9.17) is 4.98 Å². The smallest absolute Gasteiger partial charge is 0.0972 e. The summed E-state index contributed by atoms with van der Waals surface area (Å²) in [7, 11) is 0. The minimum atomic E-state index is 0.961. The number of pyridine rings is 2. The molecule has 4 aromatic rings. The van der Waals surface area contributed by atoms with Crippen LogP contribution in [0.15, 0.2) is 66.9 Å². The second-order valence-electron chi connectivity index (χ2n) is 4.92. The van der Waals surface area contributed by atoms with Gasteiger partial charge in [0.05, 0.1) is 16.7 Å². The molecule has 2 nitrogen and oxygen atoms in total. The molecule has 2 aromatic heterocycles. The molecule has 100 valence electrons. The molecule has 0 amide bonds. The lowest BCUT2D eigenvalue weighted by atomic mass is 10.1. The fraction of sp³-hybridized carbons (Fsp3) is 0. The van der Waals surface area contributed by atoms with Crippen molar-refractivity contribution in [3.05, 3.63) is 70.4 Å². The second kappa shape index (κ2) is 5.07. The van der Waals surface area contributed by atoms with Gasteiger partial charge in [-0.3, -0.25) is 4.98 Å². The van der Waals surface area contributed by atoms with E-state index in [-0.39, 0.29) is 0 Å². The molecule has 4 rings (SSSR count). The Morgan fingerprint density at radius 1 is 0.714 bits per heavy atom. The number of rotatable bonds is 1. The van der Waals surface area contributed by atoms with Crippen molar-refractivity contribution in [1.29, 1.82) is 0 Å². The zero-order chi connectivity index (χ0) is 14.2. The number of fused-ring (bicyclic) bond motifs is 3. The van der Waals surface area contributed by atoms with Crippen LogP contribution in [0.1, 0.15) is 0 Å². The summed E-state index contributed by atoms with van der Waals surface area (Å²) in [6, 6.07) is 20.8. The predicted octanol–water partition coefficient (Wildman–Crippen LogP) is 5.05. The van der Waals surface area contributed by atoms with Gasteiger partial charge in [-0.05, 0) is 46.9 Å². The van der Waals surface area contributed by atoms with Gasteiger partial charge in [-0.15, -0.1) is 0 Å². The lowest BCUT2D eigenvalue weighted by Crippen LogP contribution is -1.88. The molecule has 0 fully saturated rings. The Balaban J connectivity index is 2.00. The zero-order valence-corrected chi connectivity index (χ0v) is 13.3. The van der Waals surface area contributed by atoms with Crippen LogP contribution in [-0.2, 0) is 0 Å². The van der Waals surface area contributed by atoms with E-state index in [1.807, 2.05) is 12.3 Å². The van der Waals surface area contributed by atoms with Crippen LogP contribution >= 0.6 is 22.6 Å². The third-order valence-corrected chi connectivity index (χ3v) is 4.29. The molecule has 0 aliphatic heterocycles. The average Bonchev–Trinajstić information content (AvgIpc) is 2.55. The molecule has 0 N–H and O–H groups in total. The molecular formula is C18H11IN2. The summed E-state index contributed by atoms with van der Waals surface area (Å²) in [5.41, 5.74) is 4.04. The molecule has 0 aliphatic rings. The lowest BCUT2D eigenvalue weighted by molar-refractivity contribution is 1.37. The monoisotopic (exact) mass is 382 g/mol. The van der Waals surface area contributed by atoms with Gasteiger partial charge in [-0.1, -0.05) is 36.4 Å². The molecule has 0 radical (unpaired) electrons. The normalized spacial score (nSPS) is 11.1. The van der Waals surface area contributed by atoms with Gasteiger partial charge in [-0.2, -0.15) is 0 Å². The Hall–Kier alpha value is -2.01. The van der Waals surface area contributed by atoms with Crippen molar-refractivity contribution < 1.29 is 0 Å². The number of hydrogen-bond acceptors (Lipinski definition) is 2. The van der Waals surface area contributed by atoms with Gasteiger partial charge < -0.3 is 0 Å². The van der Waals surface area contributed by atoms with Crippen LogP contribution in [0.25, 0.3) is 33.1 Å². The number of hydrogen-bond donors (Lipinski definition) is 0. The van der Waals surface area contributed by atoms with Crippen LogP contribution in [0.2, 0.25) is 0 Å². The third kappa shape index (κ3) is 2.27. The van der Waals surface area contributed by atoms with Gasteiger partial charge in [0.2, 0.25) is 0 Å². The average molecular weight is 382 g/mol. The lowest BCUT2D eigenvalue weighted by Gasteiger charge is -2.06. The summed E-state index contributed by atoms with van der Waals surface area (Å²) in [6.07, 6.45) is 1.82. The summed E-state index contributed by atoms with van der Waals surface area (Å²) < 4.78 is 1.23. The maximum atomic E-state index is 4.84. The first-order valence-corrected chi connectivity index (χ1v) is 7.79. The van der Waals surface area contributed by atoms with Gasteiger partial charge in [-0.25, -0.2) is 4.98 Å². The maximum Gasteiger partial charge on any atom is 0.0972 e. The van der Waals surface area contributed by atoms with E-state index >= 15 is 0 Å². The Kier molecular flexibility index (Phi) is 3.07. The van der Waals surface area contributed by atoms with Crippen LogP contribution in [0, 0.1) is 3.57 Å². The number of benzene rings is 2. The predicted molar refractivity (Wildman–Crippen MR) is 95.2 cm³/mol. The molecule has 0 saturated carbocycles. The van der Waals surface area contributed by atoms with Crippen LogP contribution in [0.5, 0.6) is 0 Å². The maximum absolute atomic E-state index is 4.84. The van der Waals surface area contributed by atoms with E-state index in [2.05, 4.69) is 82.2 Å². The number of nitrogens with zero attached hydrogens (tertiary/aromatic N) is 2. The second-order valence-corrected chi connectivity index (χ2v) is 6.16. The molecule has 0 bridgehead atoms. The van der Waals surface area contributed by atoms with E-state index in [1.54, 1.807) is 0 Å². The molecule has 2 heterocycles. The van der Waals surface area contributed by atoms with Crippen LogP contribution in [0.4, 0.5) is 0 Å². The minimum Gasteiger partial charge on any atom is -0.254 e. The largest absolute Gasteiger partial charge is 0.254 e. The van der Waals surface area contributed by atoms with E-state index in [0.29, 0.717) is 0 Å². The van der Waals surface area contributed by atoms with Gasteiger partial charge >= 0.3 is 0 Å². The number of aromatic nitrogens is 2. The summed E-state index contributed by atoms with van der Waals surface area (Å²) in [4.78, 5) is 9.33. The van der Waals surface area contributed by atoms with Crippen LogP contribution in [0.3, 0.4) is 0 Å². The van der Waals surface area contributed by atoms with Gasteiger partial charge in [0.25, 0.3) is 0 Å². The van der Waals surface area contributed by atoms with Crippen LogP contribution in [-0.4, -0.2) is 9.97 Å². The molecule has 2 aromatic carbocycles. The van der Waals surface area contributed by atoms with Crippen molar-refractivity contribution >= 4 is 44.4 Å². The quantitative estimate of drug-likeness (QED) is 0.340. The topological polar surface area (TPSA) is 25.8 Å². The molecule has 0 aliphatic carbocycles. The van der Waals surface area contributed by atoms with Crippen LogP contribution < -0.4 is 0 Å². The van der Waals surface area contributed by atoms with E-state index in [9.17, 15) is 0 Å². The Labute approximate surface area is 136 Å². The van der Waals surface area contributed by atoms with Crippen molar-refractivity contribution in [2.24, 2.45) is 0 Å². The van der Waals surface area contributed by atoms with E-state index in [0.717, 1.165) is 33.1 Å². The summed E-state index contributed by atoms with van der Waals surface area (Å²) in [5.74, 6) is 0. The first kappa shape index (κ1) is 12.7. The third-order valence-electron chi connectivity index (χ3n) is 3.57. The Morgan fingerprint density at radius 3 is 2.24 bits per heavy atom. The van der Waals surface area contributed by atoms with Crippen molar-refractivity contribution in [3.63, 3.8) is 0 Å². The van der Waals surface area contributed by atoms with Crippen molar-refractivity contribution in [2.75, 3.05) is 0 Å². The molecule has 0 unspecified atom stereocenters. The van der Waals surface area contributed by atoms with Crippen molar-refractivity contribution in [2.45, 2.75) is 0 Å². The van der Waals surface area contributed by atoms with Crippen molar-refractivity contribution in [3.8, 4) is 11.3 Å². The fourth-order valence-corrected chi connectivity index (χ4v) is 2.86. The van der Waals surface area contributed by atoms with Crippen molar-refractivity contribution in [1.82, 2.24) is 9.97 Å². The first-order chi connectivity index (χ1) is 10.3. The molecular weight excluding hydrogens is 371 g/mol. The molecule has 0 atom stereocenters. The standard InChI is InChI=1S/C18H11IN2/c19-15-8-5-12(6-9-15)16-10-7-14-4-3-13-2-1-11-20-17(13)18(14)21-16/h1-11H. The Morgan fingerprint density at radius 2 is 1.43 bits per heavy atom. The fourth-order valence-electron chi connectivity index (χ4n) is 2.51. The molecule has 0 spiro atoms. The highest BCUT2D eigenvalue weighted by atomic mass is 127. The van der Waals surface area contributed by atoms with Gasteiger partial charge in [0.1, 0.15) is 0 Å².